The molecule has 0 aliphatic heterocycles. The van der Waals surface area contributed by atoms with E-state index in [0.29, 0.717) is 5.56 Å². The van der Waals surface area contributed by atoms with Crippen LogP contribution in [-0.4, -0.2) is 48.0 Å². The maximum absolute atomic E-state index is 12.6. The number of hydrogen-bond donors (Lipinski definition) is 3. The summed E-state index contributed by atoms with van der Waals surface area (Å²) >= 11 is 0. The van der Waals surface area contributed by atoms with Gasteiger partial charge in [0.05, 0.1) is 0 Å². The topological polar surface area (TPSA) is 98.7 Å². The number of nitrogens with one attached hydrogen (secondary N) is 2. The van der Waals surface area contributed by atoms with E-state index in [4.69, 9.17) is 5.21 Å². The zero-order valence-corrected chi connectivity index (χ0v) is 15.0. The Kier molecular flexibility index (Phi) is 6.85. The van der Waals surface area contributed by atoms with Gasteiger partial charge in [-0.2, -0.15) is 0 Å². The second-order valence-electron chi connectivity index (χ2n) is 5.77. The molecule has 2 aromatic carbocycles. The van der Waals surface area contributed by atoms with Crippen molar-refractivity contribution in [2.45, 2.75) is 6.04 Å². The van der Waals surface area contributed by atoms with Gasteiger partial charge in [0.25, 0.3) is 17.7 Å². The molecule has 0 saturated carbocycles. The maximum atomic E-state index is 12.6. The molecule has 0 aliphatic rings. The Hall–Kier alpha value is -3.45. The fourth-order valence-corrected chi connectivity index (χ4v) is 2.48. The van der Waals surface area contributed by atoms with E-state index in [0.717, 1.165) is 16.0 Å². The standard InChI is InChI=1S/C20H21N3O4/c1-21-18(24)17(19(25)22-27)23(2)20(26)16-12-10-15(11-13-16)9-8-14-6-4-3-5-7-14/h3-13,17,27H,1-2H3,(H,21,24)(H,22,25)/b9-8+. The molecule has 7 heteroatoms. The van der Waals surface area contributed by atoms with Crippen LogP contribution in [0.5, 0.6) is 0 Å². The second kappa shape index (κ2) is 9.30. The zero-order valence-electron chi connectivity index (χ0n) is 15.0. The van der Waals surface area contributed by atoms with Crippen molar-refractivity contribution >= 4 is 29.9 Å². The van der Waals surface area contributed by atoms with Crippen LogP contribution in [0, 0.1) is 0 Å². The van der Waals surface area contributed by atoms with Gasteiger partial charge in [-0.25, -0.2) is 5.48 Å². The number of nitrogens with zero attached hydrogens (tertiary/aromatic N) is 1. The van der Waals surface area contributed by atoms with Crippen molar-refractivity contribution < 1.29 is 19.6 Å². The summed E-state index contributed by atoms with van der Waals surface area (Å²) in [7, 11) is 2.66. The molecule has 0 spiro atoms. The van der Waals surface area contributed by atoms with Gasteiger partial charge < -0.3 is 10.2 Å². The largest absolute Gasteiger partial charge is 0.357 e. The minimum Gasteiger partial charge on any atom is -0.357 e. The first-order valence-electron chi connectivity index (χ1n) is 8.24. The molecule has 1 atom stereocenters. The van der Waals surface area contributed by atoms with Gasteiger partial charge >= 0.3 is 0 Å². The summed E-state index contributed by atoms with van der Waals surface area (Å²) in [6.45, 7) is 0. The van der Waals surface area contributed by atoms with Gasteiger partial charge in [-0.15, -0.1) is 0 Å². The quantitative estimate of drug-likeness (QED) is 0.312. The molecule has 27 heavy (non-hydrogen) atoms. The number of likely N-dealkylation sites (N-methyl/N-ethyl adjacent to an activating group) is 2. The van der Waals surface area contributed by atoms with Gasteiger partial charge in [0, 0.05) is 19.7 Å². The third-order valence-corrected chi connectivity index (χ3v) is 3.99. The van der Waals surface area contributed by atoms with E-state index < -0.39 is 23.8 Å². The molecule has 0 bridgehead atoms. The van der Waals surface area contributed by atoms with Gasteiger partial charge in [-0.05, 0) is 23.3 Å². The molecule has 1 unspecified atom stereocenters. The average Bonchev–Trinajstić information content (AvgIpc) is 2.72. The van der Waals surface area contributed by atoms with Gasteiger partial charge in [0.2, 0.25) is 0 Å². The Morgan fingerprint density at radius 3 is 2.00 bits per heavy atom. The summed E-state index contributed by atoms with van der Waals surface area (Å²) in [5.74, 6) is -2.22. The molecule has 7 nitrogen and oxygen atoms in total. The van der Waals surface area contributed by atoms with E-state index in [2.05, 4.69) is 5.32 Å². The highest BCUT2D eigenvalue weighted by Gasteiger charge is 2.33. The third kappa shape index (κ3) is 5.02. The lowest BCUT2D eigenvalue weighted by molar-refractivity contribution is -0.140. The average molecular weight is 367 g/mol. The highest BCUT2D eigenvalue weighted by molar-refractivity contribution is 6.08. The van der Waals surface area contributed by atoms with E-state index in [-0.39, 0.29) is 0 Å². The van der Waals surface area contributed by atoms with E-state index in [1.807, 2.05) is 42.5 Å². The first kappa shape index (κ1) is 19.9. The highest BCUT2D eigenvalue weighted by Crippen LogP contribution is 2.12. The number of hydrogen-bond acceptors (Lipinski definition) is 4. The van der Waals surface area contributed by atoms with E-state index in [1.165, 1.54) is 19.6 Å². The molecule has 0 aliphatic carbocycles. The van der Waals surface area contributed by atoms with Crippen molar-refractivity contribution in [2.75, 3.05) is 14.1 Å². The van der Waals surface area contributed by atoms with Gasteiger partial charge in [-0.3, -0.25) is 19.6 Å². The Balaban J connectivity index is 2.15. The van der Waals surface area contributed by atoms with Crippen LogP contribution >= 0.6 is 0 Å². The van der Waals surface area contributed by atoms with Gasteiger partial charge in [0.1, 0.15) is 0 Å². The Bertz CT molecular complexity index is 816. The lowest BCUT2D eigenvalue weighted by Gasteiger charge is -2.25. The third-order valence-electron chi connectivity index (χ3n) is 3.99. The summed E-state index contributed by atoms with van der Waals surface area (Å²) in [6.07, 6.45) is 3.87. The molecule has 0 aromatic heterocycles. The molecular formula is C20H21N3O4. The number of rotatable bonds is 6. The smallest absolute Gasteiger partial charge is 0.275 e. The van der Waals surface area contributed by atoms with Crippen LogP contribution in [0.2, 0.25) is 0 Å². The lowest BCUT2D eigenvalue weighted by Crippen LogP contribution is -2.54. The molecule has 3 amide bonds. The van der Waals surface area contributed by atoms with Crippen LogP contribution < -0.4 is 10.8 Å². The van der Waals surface area contributed by atoms with E-state index in [9.17, 15) is 14.4 Å². The van der Waals surface area contributed by atoms with Gasteiger partial charge in [-0.1, -0.05) is 54.6 Å². The Labute approximate surface area is 157 Å². The van der Waals surface area contributed by atoms with Crippen molar-refractivity contribution in [3.63, 3.8) is 0 Å². The minimum absolute atomic E-state index is 0.314. The summed E-state index contributed by atoms with van der Waals surface area (Å²) in [6, 6.07) is 15.1. The first-order valence-corrected chi connectivity index (χ1v) is 8.24. The number of benzene rings is 2. The van der Waals surface area contributed by atoms with Gasteiger partial charge in [0.15, 0.2) is 6.04 Å². The maximum Gasteiger partial charge on any atom is 0.275 e. The van der Waals surface area contributed by atoms with E-state index >= 15 is 0 Å². The predicted molar refractivity (Wildman–Crippen MR) is 102 cm³/mol. The number of amides is 3. The first-order chi connectivity index (χ1) is 13.0. The van der Waals surface area contributed by atoms with Crippen molar-refractivity contribution in [2.24, 2.45) is 0 Å². The molecule has 0 heterocycles. The Morgan fingerprint density at radius 1 is 0.926 bits per heavy atom. The van der Waals surface area contributed by atoms with Crippen molar-refractivity contribution in [1.82, 2.24) is 15.7 Å². The summed E-state index contributed by atoms with van der Waals surface area (Å²) < 4.78 is 0. The van der Waals surface area contributed by atoms with Crippen molar-refractivity contribution in [3.8, 4) is 0 Å². The SMILES string of the molecule is CNC(=O)C(C(=O)NO)N(C)C(=O)c1ccc(/C=C/c2ccccc2)cc1. The van der Waals surface area contributed by atoms with Crippen LogP contribution in [-0.2, 0) is 9.59 Å². The molecule has 0 saturated heterocycles. The Morgan fingerprint density at radius 2 is 1.48 bits per heavy atom. The predicted octanol–water partition coefficient (Wildman–Crippen LogP) is 1.55. The van der Waals surface area contributed by atoms with Crippen molar-refractivity contribution in [3.05, 3.63) is 71.3 Å². The summed E-state index contributed by atoms with van der Waals surface area (Å²) in [5, 5.41) is 11.1. The molecule has 140 valence electrons. The van der Waals surface area contributed by atoms with Crippen LogP contribution in [0.3, 0.4) is 0 Å². The monoisotopic (exact) mass is 367 g/mol. The number of hydroxylamine groups is 1. The molecule has 2 aromatic rings. The van der Waals surface area contributed by atoms with Crippen LogP contribution in [0.4, 0.5) is 0 Å². The molecule has 0 fully saturated rings. The van der Waals surface area contributed by atoms with Crippen LogP contribution in [0.15, 0.2) is 54.6 Å². The summed E-state index contributed by atoms with van der Waals surface area (Å²) in [4.78, 5) is 37.2. The van der Waals surface area contributed by atoms with Crippen LogP contribution in [0.1, 0.15) is 21.5 Å². The minimum atomic E-state index is -1.48. The van der Waals surface area contributed by atoms with E-state index in [1.54, 1.807) is 24.3 Å². The number of carbonyl (C=O) groups is 3. The van der Waals surface area contributed by atoms with Crippen LogP contribution in [0.25, 0.3) is 12.2 Å². The fourth-order valence-electron chi connectivity index (χ4n) is 2.48. The highest BCUT2D eigenvalue weighted by atomic mass is 16.5. The molecule has 0 radical (unpaired) electrons. The summed E-state index contributed by atoms with van der Waals surface area (Å²) in [5.41, 5.74) is 3.67. The zero-order chi connectivity index (χ0) is 19.8. The number of carbonyl (C=O) groups excluding carboxylic acids is 3. The van der Waals surface area contributed by atoms with Crippen molar-refractivity contribution in [1.29, 1.82) is 0 Å². The molecular weight excluding hydrogens is 346 g/mol. The molecule has 3 N–H and O–H groups in total. The lowest BCUT2D eigenvalue weighted by atomic mass is 10.1. The fraction of sp³-hybridized carbons (Fsp3) is 0.150. The normalized spacial score (nSPS) is 11.7. The molecule has 2 rings (SSSR count). The second-order valence-corrected chi connectivity index (χ2v) is 5.77.